The second-order valence-corrected chi connectivity index (χ2v) is 1.48. The van der Waals surface area contributed by atoms with Gasteiger partial charge in [-0.05, 0) is 13.3 Å². The molecular formula is C5H9NO. The SMILES string of the molecule is CC[C@@H](C)N=C=O. The molecule has 0 N–H and O–H groups in total. The van der Waals surface area contributed by atoms with E-state index in [1.54, 1.807) is 0 Å². The Morgan fingerprint density at radius 3 is 2.57 bits per heavy atom. The fourth-order valence-electron chi connectivity index (χ4n) is 0.181. The van der Waals surface area contributed by atoms with Gasteiger partial charge in [-0.25, -0.2) is 9.79 Å². The first-order valence-corrected chi connectivity index (χ1v) is 2.38. The number of isocyanates is 1. The summed E-state index contributed by atoms with van der Waals surface area (Å²) in [6.07, 6.45) is 2.41. The van der Waals surface area contributed by atoms with Crippen molar-refractivity contribution in [2.45, 2.75) is 26.3 Å². The Balaban J connectivity index is 3.35. The van der Waals surface area contributed by atoms with Crippen molar-refractivity contribution in [3.63, 3.8) is 0 Å². The number of rotatable bonds is 2. The minimum Gasteiger partial charge on any atom is -0.211 e. The van der Waals surface area contributed by atoms with Crippen LogP contribution in [0.15, 0.2) is 4.99 Å². The predicted octanol–water partition coefficient (Wildman–Crippen LogP) is 1.12. The summed E-state index contributed by atoms with van der Waals surface area (Å²) in [5, 5.41) is 0. The van der Waals surface area contributed by atoms with E-state index in [0.29, 0.717) is 0 Å². The number of aliphatic imine (C=N–C) groups is 1. The van der Waals surface area contributed by atoms with E-state index >= 15 is 0 Å². The minimum absolute atomic E-state index is 0.150. The van der Waals surface area contributed by atoms with Crippen molar-refractivity contribution >= 4 is 6.08 Å². The number of carbonyl (C=O) groups excluding carboxylic acids is 1. The molecule has 0 aliphatic carbocycles. The maximum absolute atomic E-state index is 9.48. The van der Waals surface area contributed by atoms with Crippen molar-refractivity contribution in [2.75, 3.05) is 0 Å². The zero-order chi connectivity index (χ0) is 5.70. The lowest BCUT2D eigenvalue weighted by Crippen LogP contribution is -1.91. The molecule has 0 amide bonds. The molecular weight excluding hydrogens is 90.1 g/mol. The topological polar surface area (TPSA) is 29.4 Å². The van der Waals surface area contributed by atoms with Crippen LogP contribution in [0, 0.1) is 0 Å². The molecule has 0 unspecified atom stereocenters. The van der Waals surface area contributed by atoms with E-state index in [1.807, 2.05) is 13.8 Å². The molecule has 0 spiro atoms. The molecule has 40 valence electrons. The maximum Gasteiger partial charge on any atom is 0.235 e. The largest absolute Gasteiger partial charge is 0.235 e. The molecule has 0 aliphatic heterocycles. The molecule has 0 aliphatic rings. The molecule has 7 heavy (non-hydrogen) atoms. The molecule has 0 aromatic carbocycles. The first-order valence-electron chi connectivity index (χ1n) is 2.38. The molecule has 0 saturated carbocycles. The molecule has 0 fully saturated rings. The second-order valence-electron chi connectivity index (χ2n) is 1.48. The van der Waals surface area contributed by atoms with Gasteiger partial charge in [-0.15, -0.1) is 0 Å². The average molecular weight is 99.1 g/mol. The van der Waals surface area contributed by atoms with E-state index in [4.69, 9.17) is 0 Å². The Morgan fingerprint density at radius 2 is 2.43 bits per heavy atom. The zero-order valence-corrected chi connectivity index (χ0v) is 4.64. The van der Waals surface area contributed by atoms with Gasteiger partial charge in [-0.3, -0.25) is 0 Å². The molecule has 0 saturated heterocycles. The third-order valence-electron chi connectivity index (χ3n) is 0.864. The van der Waals surface area contributed by atoms with Gasteiger partial charge in [0.2, 0.25) is 6.08 Å². The lowest BCUT2D eigenvalue weighted by atomic mass is 10.3. The van der Waals surface area contributed by atoms with Crippen LogP contribution >= 0.6 is 0 Å². The van der Waals surface area contributed by atoms with Crippen LogP contribution in [0.25, 0.3) is 0 Å². The van der Waals surface area contributed by atoms with Crippen molar-refractivity contribution < 1.29 is 4.79 Å². The highest BCUT2D eigenvalue weighted by Crippen LogP contribution is 1.90. The molecule has 0 radical (unpaired) electrons. The van der Waals surface area contributed by atoms with Crippen molar-refractivity contribution in [3.05, 3.63) is 0 Å². The van der Waals surface area contributed by atoms with Crippen LogP contribution in [0.4, 0.5) is 0 Å². The molecule has 2 nitrogen and oxygen atoms in total. The molecule has 0 aromatic heterocycles. The van der Waals surface area contributed by atoms with E-state index < -0.39 is 0 Å². The van der Waals surface area contributed by atoms with Gasteiger partial charge in [0.1, 0.15) is 0 Å². The van der Waals surface area contributed by atoms with Crippen LogP contribution in [0.2, 0.25) is 0 Å². The van der Waals surface area contributed by atoms with Crippen molar-refractivity contribution in [2.24, 2.45) is 4.99 Å². The second kappa shape index (κ2) is 3.57. The first kappa shape index (κ1) is 6.38. The van der Waals surface area contributed by atoms with Crippen LogP contribution < -0.4 is 0 Å². The standard InChI is InChI=1S/C5H9NO/c1-3-5(2)6-4-7/h5H,3H2,1-2H3/t5-/m1/s1. The zero-order valence-electron chi connectivity index (χ0n) is 4.64. The normalized spacial score (nSPS) is 12.3. The molecule has 0 aromatic rings. The maximum atomic E-state index is 9.48. The Kier molecular flexibility index (Phi) is 3.25. The minimum atomic E-state index is 0.150. The van der Waals surface area contributed by atoms with E-state index in [-0.39, 0.29) is 6.04 Å². The van der Waals surface area contributed by atoms with Gasteiger partial charge in [0.25, 0.3) is 0 Å². The molecule has 2 heteroatoms. The third kappa shape index (κ3) is 3.20. The smallest absolute Gasteiger partial charge is 0.211 e. The van der Waals surface area contributed by atoms with Crippen LogP contribution in [-0.4, -0.2) is 12.1 Å². The van der Waals surface area contributed by atoms with Crippen molar-refractivity contribution in [1.82, 2.24) is 0 Å². The van der Waals surface area contributed by atoms with Crippen molar-refractivity contribution in [1.29, 1.82) is 0 Å². The summed E-state index contributed by atoms with van der Waals surface area (Å²) in [7, 11) is 0. The highest BCUT2D eigenvalue weighted by Gasteiger charge is 1.88. The average Bonchev–Trinajstić information content (AvgIpc) is 1.68. The Labute approximate surface area is 43.3 Å². The van der Waals surface area contributed by atoms with E-state index in [1.165, 1.54) is 6.08 Å². The van der Waals surface area contributed by atoms with Crippen LogP contribution in [0.1, 0.15) is 20.3 Å². The summed E-state index contributed by atoms with van der Waals surface area (Å²) in [5.41, 5.74) is 0. The molecule has 0 heterocycles. The fourth-order valence-corrected chi connectivity index (χ4v) is 0.181. The lowest BCUT2D eigenvalue weighted by molar-refractivity contribution is 0.557. The highest BCUT2D eigenvalue weighted by molar-refractivity contribution is 5.33. The summed E-state index contributed by atoms with van der Waals surface area (Å²) < 4.78 is 0. The predicted molar refractivity (Wildman–Crippen MR) is 27.9 cm³/mol. The molecule has 0 rings (SSSR count). The Bertz CT molecular complexity index is 84.1. The summed E-state index contributed by atoms with van der Waals surface area (Å²) in [6.45, 7) is 3.86. The van der Waals surface area contributed by atoms with Gasteiger partial charge in [0.15, 0.2) is 0 Å². The number of nitrogens with zero attached hydrogens (tertiary/aromatic N) is 1. The third-order valence-corrected chi connectivity index (χ3v) is 0.864. The van der Waals surface area contributed by atoms with Gasteiger partial charge in [-0.2, -0.15) is 0 Å². The van der Waals surface area contributed by atoms with E-state index in [2.05, 4.69) is 4.99 Å². The van der Waals surface area contributed by atoms with Gasteiger partial charge in [-0.1, -0.05) is 6.92 Å². The van der Waals surface area contributed by atoms with Gasteiger partial charge in [0, 0.05) is 0 Å². The summed E-state index contributed by atoms with van der Waals surface area (Å²) in [4.78, 5) is 12.9. The summed E-state index contributed by atoms with van der Waals surface area (Å²) >= 11 is 0. The van der Waals surface area contributed by atoms with Crippen LogP contribution in [0.5, 0.6) is 0 Å². The van der Waals surface area contributed by atoms with Crippen LogP contribution in [0.3, 0.4) is 0 Å². The van der Waals surface area contributed by atoms with Gasteiger partial charge < -0.3 is 0 Å². The number of hydrogen-bond donors (Lipinski definition) is 0. The summed E-state index contributed by atoms with van der Waals surface area (Å²) in [6, 6.07) is 0.150. The van der Waals surface area contributed by atoms with E-state index in [9.17, 15) is 4.79 Å². The molecule has 1 atom stereocenters. The van der Waals surface area contributed by atoms with Crippen LogP contribution in [-0.2, 0) is 4.79 Å². The van der Waals surface area contributed by atoms with Crippen molar-refractivity contribution in [3.8, 4) is 0 Å². The van der Waals surface area contributed by atoms with Gasteiger partial charge in [0.05, 0.1) is 6.04 Å². The highest BCUT2D eigenvalue weighted by atomic mass is 16.1. The monoisotopic (exact) mass is 99.1 g/mol. The lowest BCUT2D eigenvalue weighted by Gasteiger charge is -1.91. The van der Waals surface area contributed by atoms with Gasteiger partial charge >= 0.3 is 0 Å². The molecule has 0 bridgehead atoms. The Hall–Kier alpha value is -0.620. The number of hydrogen-bond acceptors (Lipinski definition) is 2. The first-order chi connectivity index (χ1) is 3.31. The van der Waals surface area contributed by atoms with E-state index in [0.717, 1.165) is 6.42 Å². The summed E-state index contributed by atoms with van der Waals surface area (Å²) in [5.74, 6) is 0. The quantitative estimate of drug-likeness (QED) is 0.377. The Morgan fingerprint density at radius 1 is 1.86 bits per heavy atom. The fraction of sp³-hybridized carbons (Fsp3) is 0.800.